The van der Waals surface area contributed by atoms with Crippen molar-refractivity contribution in [3.8, 4) is 0 Å². The van der Waals surface area contributed by atoms with Gasteiger partial charge in [-0.3, -0.25) is 9.69 Å². The average Bonchev–Trinajstić information content (AvgIpc) is 2.93. The third-order valence-corrected chi connectivity index (χ3v) is 5.46. The number of aliphatic imine (C=N–C) groups is 1. The molecule has 3 rings (SSSR count). The predicted octanol–water partition coefficient (Wildman–Crippen LogP) is 2.68. The van der Waals surface area contributed by atoms with Crippen LogP contribution in [0, 0.1) is 0 Å². The van der Waals surface area contributed by atoms with Crippen molar-refractivity contribution in [3.63, 3.8) is 0 Å². The molecule has 0 radical (unpaired) electrons. The maximum Gasteiger partial charge on any atom is 0.338 e. The Hall–Kier alpha value is -2.61. The maximum absolute atomic E-state index is 12.8. The first kappa shape index (κ1) is 19.2. The summed E-state index contributed by atoms with van der Waals surface area (Å²) in [6.45, 7) is 5.49. The number of esters is 2. The van der Waals surface area contributed by atoms with E-state index in [0.29, 0.717) is 27.6 Å². The molecule has 2 aliphatic rings. The summed E-state index contributed by atoms with van der Waals surface area (Å²) in [5.41, 5.74) is 1.94. The fourth-order valence-electron chi connectivity index (χ4n) is 3.11. The van der Waals surface area contributed by atoms with E-state index < -0.39 is 18.0 Å². The highest BCUT2D eigenvalue weighted by molar-refractivity contribution is 8.15. The standard InChI is InChI=1S/C19H20N2O5S/c1-5-26-18(24)14-10(2)20-19-21(16(22)11(3)27-19)15(14)12-6-8-13(9-7-12)17(23)25-4/h6-9,11,15H,5H2,1-4H3/t11-,15-/m0/s1. The number of hydrogen-bond donors (Lipinski definition) is 0. The van der Waals surface area contributed by atoms with E-state index in [-0.39, 0.29) is 17.8 Å². The number of methoxy groups -OCH3 is 1. The van der Waals surface area contributed by atoms with Crippen LogP contribution in [0.5, 0.6) is 0 Å². The first-order valence-electron chi connectivity index (χ1n) is 8.53. The zero-order valence-electron chi connectivity index (χ0n) is 15.5. The number of amidine groups is 1. The van der Waals surface area contributed by atoms with Crippen LogP contribution in [-0.2, 0) is 19.1 Å². The minimum Gasteiger partial charge on any atom is -0.465 e. The maximum atomic E-state index is 12.8. The van der Waals surface area contributed by atoms with Gasteiger partial charge in [0.15, 0.2) is 5.17 Å². The Balaban J connectivity index is 2.09. The minimum absolute atomic E-state index is 0.116. The molecule has 142 valence electrons. The summed E-state index contributed by atoms with van der Waals surface area (Å²) in [6.07, 6.45) is 0. The van der Waals surface area contributed by atoms with Gasteiger partial charge in [0.1, 0.15) is 0 Å². The van der Waals surface area contributed by atoms with Gasteiger partial charge < -0.3 is 9.47 Å². The molecule has 1 fully saturated rings. The number of hydrogen-bond acceptors (Lipinski definition) is 7. The molecule has 0 saturated carbocycles. The smallest absolute Gasteiger partial charge is 0.338 e. The van der Waals surface area contributed by atoms with Gasteiger partial charge in [0, 0.05) is 0 Å². The van der Waals surface area contributed by atoms with Crippen LogP contribution in [0.3, 0.4) is 0 Å². The predicted molar refractivity (Wildman–Crippen MR) is 101 cm³/mol. The molecule has 0 aliphatic carbocycles. The summed E-state index contributed by atoms with van der Waals surface area (Å²) < 4.78 is 9.93. The summed E-state index contributed by atoms with van der Waals surface area (Å²) in [7, 11) is 1.31. The first-order chi connectivity index (χ1) is 12.9. The van der Waals surface area contributed by atoms with Crippen LogP contribution in [0.1, 0.15) is 42.7 Å². The second-order valence-corrected chi connectivity index (χ2v) is 7.41. The molecule has 2 atom stereocenters. The third-order valence-electron chi connectivity index (χ3n) is 4.40. The van der Waals surface area contributed by atoms with Gasteiger partial charge in [-0.1, -0.05) is 23.9 Å². The molecule has 0 bridgehead atoms. The zero-order chi connectivity index (χ0) is 19.7. The van der Waals surface area contributed by atoms with Gasteiger partial charge in [-0.05, 0) is 38.5 Å². The highest BCUT2D eigenvalue weighted by Crippen LogP contribution is 2.43. The van der Waals surface area contributed by atoms with E-state index >= 15 is 0 Å². The SMILES string of the molecule is CCOC(=O)C1=C(C)N=C2S[C@@H](C)C(=O)N2[C@H]1c1ccc(C(=O)OC)cc1. The van der Waals surface area contributed by atoms with Crippen LogP contribution in [0.2, 0.25) is 0 Å². The van der Waals surface area contributed by atoms with Crippen molar-refractivity contribution >= 4 is 34.8 Å². The molecular weight excluding hydrogens is 368 g/mol. The van der Waals surface area contributed by atoms with Gasteiger partial charge in [0.2, 0.25) is 5.91 Å². The fraction of sp³-hybridized carbons (Fsp3) is 0.368. The summed E-state index contributed by atoms with van der Waals surface area (Å²) in [6, 6.07) is 6.01. The Kier molecular flexibility index (Phi) is 5.36. The van der Waals surface area contributed by atoms with E-state index in [1.807, 2.05) is 6.92 Å². The molecule has 0 N–H and O–H groups in total. The molecule has 8 heteroatoms. The summed E-state index contributed by atoms with van der Waals surface area (Å²) in [5.74, 6) is -1.07. The summed E-state index contributed by atoms with van der Waals surface area (Å²) in [5, 5.41) is 0.287. The Bertz CT molecular complexity index is 859. The van der Waals surface area contributed by atoms with Crippen molar-refractivity contribution in [1.29, 1.82) is 0 Å². The van der Waals surface area contributed by atoms with Crippen molar-refractivity contribution in [2.45, 2.75) is 32.1 Å². The van der Waals surface area contributed by atoms with Crippen molar-refractivity contribution in [2.24, 2.45) is 4.99 Å². The number of ether oxygens (including phenoxy) is 2. The number of carbonyl (C=O) groups is 3. The van der Waals surface area contributed by atoms with Crippen molar-refractivity contribution in [1.82, 2.24) is 4.90 Å². The lowest BCUT2D eigenvalue weighted by atomic mass is 9.93. The average molecular weight is 388 g/mol. The monoisotopic (exact) mass is 388 g/mol. The number of rotatable bonds is 4. The molecular formula is C19H20N2O5S. The number of amides is 1. The van der Waals surface area contributed by atoms with Gasteiger partial charge in [-0.15, -0.1) is 0 Å². The number of carbonyl (C=O) groups excluding carboxylic acids is 3. The molecule has 0 spiro atoms. The van der Waals surface area contributed by atoms with Crippen LogP contribution >= 0.6 is 11.8 Å². The van der Waals surface area contributed by atoms with Crippen molar-refractivity contribution < 1.29 is 23.9 Å². The van der Waals surface area contributed by atoms with E-state index in [0.717, 1.165) is 0 Å². The molecule has 1 aromatic carbocycles. The van der Waals surface area contributed by atoms with Crippen molar-refractivity contribution in [3.05, 3.63) is 46.7 Å². The van der Waals surface area contributed by atoms with E-state index in [2.05, 4.69) is 4.99 Å². The van der Waals surface area contributed by atoms with E-state index in [4.69, 9.17) is 9.47 Å². The van der Waals surface area contributed by atoms with E-state index in [9.17, 15) is 14.4 Å². The number of nitrogens with zero attached hydrogens (tertiary/aromatic N) is 2. The van der Waals surface area contributed by atoms with Crippen LogP contribution in [0.25, 0.3) is 0 Å². The fourth-order valence-corrected chi connectivity index (χ4v) is 4.14. The number of fused-ring (bicyclic) bond motifs is 1. The summed E-state index contributed by atoms with van der Waals surface area (Å²) >= 11 is 1.36. The molecule has 0 unspecified atom stereocenters. The topological polar surface area (TPSA) is 85.3 Å². The van der Waals surface area contributed by atoms with Gasteiger partial charge >= 0.3 is 11.9 Å². The van der Waals surface area contributed by atoms with Gasteiger partial charge in [-0.25, -0.2) is 14.6 Å². The Labute approximate surface area is 161 Å². The molecule has 1 amide bonds. The number of benzene rings is 1. The molecule has 27 heavy (non-hydrogen) atoms. The lowest BCUT2D eigenvalue weighted by Gasteiger charge is -2.33. The van der Waals surface area contributed by atoms with Crippen LogP contribution in [0.4, 0.5) is 0 Å². The lowest BCUT2D eigenvalue weighted by Crippen LogP contribution is -2.40. The molecule has 1 saturated heterocycles. The molecule has 0 aromatic heterocycles. The lowest BCUT2D eigenvalue weighted by molar-refractivity contribution is -0.139. The summed E-state index contributed by atoms with van der Waals surface area (Å²) in [4.78, 5) is 43.1. The highest BCUT2D eigenvalue weighted by Gasteiger charge is 2.46. The molecule has 2 aliphatic heterocycles. The molecule has 7 nitrogen and oxygen atoms in total. The number of thioether (sulfide) groups is 1. The second-order valence-electron chi connectivity index (χ2n) is 6.10. The third kappa shape index (κ3) is 3.37. The molecule has 1 aromatic rings. The largest absolute Gasteiger partial charge is 0.465 e. The minimum atomic E-state index is -0.645. The normalized spacial score (nSPS) is 21.7. The van der Waals surface area contributed by atoms with Crippen LogP contribution < -0.4 is 0 Å². The quantitative estimate of drug-likeness (QED) is 0.737. The van der Waals surface area contributed by atoms with Gasteiger partial charge in [-0.2, -0.15) is 0 Å². The molecule has 2 heterocycles. The van der Waals surface area contributed by atoms with Gasteiger partial charge in [0.25, 0.3) is 0 Å². The van der Waals surface area contributed by atoms with Crippen LogP contribution in [-0.4, -0.2) is 46.9 Å². The Morgan fingerprint density at radius 1 is 1.22 bits per heavy atom. The van der Waals surface area contributed by atoms with Crippen molar-refractivity contribution in [2.75, 3.05) is 13.7 Å². The Morgan fingerprint density at radius 3 is 2.48 bits per heavy atom. The highest BCUT2D eigenvalue weighted by atomic mass is 32.2. The first-order valence-corrected chi connectivity index (χ1v) is 9.41. The zero-order valence-corrected chi connectivity index (χ0v) is 16.3. The number of allylic oxidation sites excluding steroid dienone is 1. The van der Waals surface area contributed by atoms with E-state index in [1.54, 1.807) is 43.0 Å². The van der Waals surface area contributed by atoms with Gasteiger partial charge in [0.05, 0.1) is 41.8 Å². The second kappa shape index (κ2) is 7.56. The Morgan fingerprint density at radius 2 is 1.89 bits per heavy atom. The van der Waals surface area contributed by atoms with E-state index in [1.165, 1.54) is 18.9 Å². The van der Waals surface area contributed by atoms with Crippen LogP contribution in [0.15, 0.2) is 40.5 Å².